The number of aromatic nitrogens is 3. The van der Waals surface area contributed by atoms with Gasteiger partial charge in [-0.15, -0.1) is 11.3 Å². The lowest BCUT2D eigenvalue weighted by atomic mass is 9.76. The average Bonchev–Trinajstić information content (AvgIpc) is 3.41. The Morgan fingerprint density at radius 3 is 2.66 bits per heavy atom. The maximum absolute atomic E-state index is 14.5. The summed E-state index contributed by atoms with van der Waals surface area (Å²) >= 11 is 1.84. The number of hydrogen-bond acceptors (Lipinski definition) is 4. The van der Waals surface area contributed by atoms with Gasteiger partial charge in [0.05, 0.1) is 6.54 Å². The van der Waals surface area contributed by atoms with Crippen LogP contribution in [0.25, 0.3) is 0 Å². The Kier molecular flexibility index (Phi) is 6.35. The lowest BCUT2D eigenvalue weighted by Gasteiger charge is -2.32. The molecular formula is C22H26F2N4S. The van der Waals surface area contributed by atoms with Crippen LogP contribution in [0.15, 0.2) is 48.4 Å². The Bertz CT molecular complexity index is 890. The third-order valence-electron chi connectivity index (χ3n) is 6.13. The highest BCUT2D eigenvalue weighted by Crippen LogP contribution is 2.40. The topological polar surface area (TPSA) is 56.7 Å². The second-order valence-electron chi connectivity index (χ2n) is 8.02. The van der Waals surface area contributed by atoms with Crippen LogP contribution in [0.2, 0.25) is 0 Å². The highest BCUT2D eigenvalue weighted by atomic mass is 32.1. The zero-order valence-corrected chi connectivity index (χ0v) is 17.1. The van der Waals surface area contributed by atoms with Crippen molar-refractivity contribution >= 4 is 11.3 Å². The van der Waals surface area contributed by atoms with Gasteiger partial charge in [-0.05, 0) is 67.0 Å². The first kappa shape index (κ1) is 20.2. The molecule has 0 spiro atoms. The average molecular weight is 417 g/mol. The molecule has 0 aliphatic heterocycles. The van der Waals surface area contributed by atoms with Gasteiger partial charge in [0.25, 0.3) is 0 Å². The van der Waals surface area contributed by atoms with Crippen LogP contribution in [0, 0.1) is 17.6 Å². The van der Waals surface area contributed by atoms with Crippen molar-refractivity contribution in [3.8, 4) is 0 Å². The summed E-state index contributed by atoms with van der Waals surface area (Å²) in [4.78, 5) is 5.45. The molecule has 2 N–H and O–H groups in total. The molecule has 4 nitrogen and oxygen atoms in total. The lowest BCUT2D eigenvalue weighted by molar-refractivity contribution is 0.274. The van der Waals surface area contributed by atoms with Gasteiger partial charge >= 0.3 is 0 Å². The van der Waals surface area contributed by atoms with Gasteiger partial charge in [0.15, 0.2) is 0 Å². The third kappa shape index (κ3) is 4.90. The summed E-state index contributed by atoms with van der Waals surface area (Å²) < 4.78 is 29.6. The molecule has 2 aromatic heterocycles. The van der Waals surface area contributed by atoms with Crippen LogP contribution in [0.4, 0.5) is 8.78 Å². The molecule has 29 heavy (non-hydrogen) atoms. The molecule has 2 atom stereocenters. The first-order chi connectivity index (χ1) is 14.1. The first-order valence-electron chi connectivity index (χ1n) is 10.2. The molecule has 0 bridgehead atoms. The van der Waals surface area contributed by atoms with Gasteiger partial charge in [-0.1, -0.05) is 12.1 Å². The number of benzene rings is 1. The van der Waals surface area contributed by atoms with Crippen molar-refractivity contribution < 1.29 is 8.78 Å². The highest BCUT2D eigenvalue weighted by Gasteiger charge is 2.29. The van der Waals surface area contributed by atoms with Crippen LogP contribution < -0.4 is 5.73 Å². The van der Waals surface area contributed by atoms with E-state index in [2.05, 4.69) is 27.6 Å². The van der Waals surface area contributed by atoms with Gasteiger partial charge < -0.3 is 5.73 Å². The predicted molar refractivity (Wildman–Crippen MR) is 111 cm³/mol. The van der Waals surface area contributed by atoms with Gasteiger partial charge in [-0.3, -0.25) is 4.68 Å². The molecule has 3 aromatic rings. The standard InChI is InChI=1S/C22H26F2N4S/c23-17-7-8-18(20(24)11-17)19(12-28-14-26-13-27-28)21(25)10-15-3-5-16(6-4-15)22-2-1-9-29-22/h1-2,7-9,11,13-16,19,21H,3-6,10,12,25H2. The van der Waals surface area contributed by atoms with E-state index in [4.69, 9.17) is 5.73 Å². The molecule has 2 unspecified atom stereocenters. The molecule has 1 fully saturated rings. The van der Waals surface area contributed by atoms with Crippen LogP contribution in [0.1, 0.15) is 54.4 Å². The predicted octanol–water partition coefficient (Wildman–Crippen LogP) is 5.09. The molecule has 1 aromatic carbocycles. The first-order valence-corrected chi connectivity index (χ1v) is 11.0. The van der Waals surface area contributed by atoms with Crippen LogP contribution in [-0.4, -0.2) is 20.8 Å². The summed E-state index contributed by atoms with van der Waals surface area (Å²) in [6, 6.07) is 7.86. The van der Waals surface area contributed by atoms with E-state index in [0.717, 1.165) is 25.3 Å². The molecule has 0 radical (unpaired) electrons. The van der Waals surface area contributed by atoms with E-state index in [1.54, 1.807) is 11.0 Å². The van der Waals surface area contributed by atoms with Gasteiger partial charge in [0.1, 0.15) is 24.3 Å². The van der Waals surface area contributed by atoms with Crippen molar-refractivity contribution in [3.63, 3.8) is 0 Å². The van der Waals surface area contributed by atoms with Crippen molar-refractivity contribution in [2.24, 2.45) is 11.7 Å². The van der Waals surface area contributed by atoms with Crippen molar-refractivity contribution in [2.75, 3.05) is 0 Å². The Balaban J connectivity index is 1.44. The van der Waals surface area contributed by atoms with E-state index < -0.39 is 11.6 Å². The van der Waals surface area contributed by atoms with E-state index in [-0.39, 0.29) is 12.0 Å². The fourth-order valence-corrected chi connectivity index (χ4v) is 5.45. The van der Waals surface area contributed by atoms with E-state index in [1.807, 2.05) is 11.3 Å². The summed E-state index contributed by atoms with van der Waals surface area (Å²) in [6.45, 7) is 0.425. The number of nitrogens with zero attached hydrogens (tertiary/aromatic N) is 3. The highest BCUT2D eigenvalue weighted by molar-refractivity contribution is 7.10. The summed E-state index contributed by atoms with van der Waals surface area (Å²) in [5.41, 5.74) is 7.06. The molecular weight excluding hydrogens is 390 g/mol. The quantitative estimate of drug-likeness (QED) is 0.583. The molecule has 1 aliphatic carbocycles. The van der Waals surface area contributed by atoms with Crippen molar-refractivity contribution in [2.45, 2.75) is 56.5 Å². The zero-order valence-electron chi connectivity index (χ0n) is 16.3. The number of thiophene rings is 1. The van der Waals surface area contributed by atoms with Crippen LogP contribution in [0.5, 0.6) is 0 Å². The Morgan fingerprint density at radius 2 is 2.00 bits per heavy atom. The molecule has 154 valence electrons. The zero-order chi connectivity index (χ0) is 20.2. The largest absolute Gasteiger partial charge is 0.327 e. The van der Waals surface area contributed by atoms with Crippen LogP contribution >= 0.6 is 11.3 Å². The molecule has 7 heteroatoms. The molecule has 1 saturated carbocycles. The van der Waals surface area contributed by atoms with Crippen LogP contribution in [0.3, 0.4) is 0 Å². The van der Waals surface area contributed by atoms with E-state index in [1.165, 1.54) is 36.2 Å². The lowest BCUT2D eigenvalue weighted by Crippen LogP contribution is -2.35. The van der Waals surface area contributed by atoms with Crippen molar-refractivity contribution in [1.82, 2.24) is 14.8 Å². The maximum Gasteiger partial charge on any atom is 0.137 e. The van der Waals surface area contributed by atoms with Gasteiger partial charge in [-0.25, -0.2) is 13.8 Å². The number of nitrogens with two attached hydrogens (primary N) is 1. The molecule has 0 saturated heterocycles. The van der Waals surface area contributed by atoms with Gasteiger partial charge in [-0.2, -0.15) is 5.10 Å². The smallest absolute Gasteiger partial charge is 0.137 e. The van der Waals surface area contributed by atoms with Crippen LogP contribution in [-0.2, 0) is 6.54 Å². The molecule has 1 aliphatic rings. The van der Waals surface area contributed by atoms with Gasteiger partial charge in [0, 0.05) is 22.9 Å². The fraction of sp³-hybridized carbons (Fsp3) is 0.455. The summed E-state index contributed by atoms with van der Waals surface area (Å²) in [7, 11) is 0. The van der Waals surface area contributed by atoms with E-state index in [0.29, 0.717) is 23.9 Å². The second-order valence-corrected chi connectivity index (χ2v) is 9.00. The minimum absolute atomic E-state index is 0.234. The summed E-state index contributed by atoms with van der Waals surface area (Å²) in [5.74, 6) is -0.226. The minimum Gasteiger partial charge on any atom is -0.327 e. The maximum atomic E-state index is 14.5. The summed E-state index contributed by atoms with van der Waals surface area (Å²) in [5, 5.41) is 6.29. The van der Waals surface area contributed by atoms with Crippen molar-refractivity contribution in [3.05, 3.63) is 70.4 Å². The summed E-state index contributed by atoms with van der Waals surface area (Å²) in [6.07, 6.45) is 8.51. The fourth-order valence-electron chi connectivity index (χ4n) is 4.55. The molecule has 4 rings (SSSR count). The Labute approximate surface area is 173 Å². The number of rotatable bonds is 7. The van der Waals surface area contributed by atoms with E-state index >= 15 is 0 Å². The van der Waals surface area contributed by atoms with Gasteiger partial charge in [0.2, 0.25) is 0 Å². The Hall–Kier alpha value is -2.12. The van der Waals surface area contributed by atoms with E-state index in [9.17, 15) is 8.78 Å². The third-order valence-corrected chi connectivity index (χ3v) is 7.16. The second kappa shape index (κ2) is 9.13. The Morgan fingerprint density at radius 1 is 1.17 bits per heavy atom. The van der Waals surface area contributed by atoms with Crippen molar-refractivity contribution in [1.29, 1.82) is 0 Å². The molecule has 2 heterocycles. The minimum atomic E-state index is -0.578. The number of halogens is 2. The number of hydrogen-bond donors (Lipinski definition) is 1. The molecule has 0 amide bonds. The SMILES string of the molecule is NC(CC1CCC(c2cccs2)CC1)C(Cn1cncn1)c1ccc(F)cc1F. The normalized spacial score (nSPS) is 21.8. The monoisotopic (exact) mass is 416 g/mol.